The summed E-state index contributed by atoms with van der Waals surface area (Å²) in [4.78, 5) is 28.3. The molecular formula is C19H24N8O4S2. The number of urea groups is 1. The number of carbonyl (C=O) groups is 1. The molecular weight excluding hydrogens is 468 g/mol. The Bertz CT molecular complexity index is 1260. The highest BCUT2D eigenvalue weighted by Crippen LogP contribution is 2.29. The fraction of sp³-hybridized carbons (Fsp3) is 0.421. The molecule has 3 aromatic heterocycles. The maximum Gasteiger partial charge on any atom is 0.325 e. The number of amides is 2. The lowest BCUT2D eigenvalue weighted by molar-refractivity contribution is 0.0985. The Kier molecular flexibility index (Phi) is 6.58. The molecule has 1 aliphatic rings. The van der Waals surface area contributed by atoms with Gasteiger partial charge in [-0.2, -0.15) is 5.10 Å². The minimum absolute atomic E-state index is 0.0856. The number of sulfone groups is 1. The van der Waals surface area contributed by atoms with E-state index in [9.17, 15) is 13.2 Å². The van der Waals surface area contributed by atoms with Crippen LogP contribution in [0.3, 0.4) is 0 Å². The summed E-state index contributed by atoms with van der Waals surface area (Å²) in [5, 5.41) is 9.69. The molecule has 0 aliphatic carbocycles. The molecule has 0 unspecified atom stereocenters. The Labute approximate surface area is 194 Å². The zero-order valence-corrected chi connectivity index (χ0v) is 20.0. The molecule has 2 N–H and O–H groups in total. The first-order chi connectivity index (χ1) is 15.7. The molecule has 12 nitrogen and oxygen atoms in total. The summed E-state index contributed by atoms with van der Waals surface area (Å²) in [5.41, 5.74) is 0.946. The van der Waals surface area contributed by atoms with Crippen molar-refractivity contribution in [1.29, 1.82) is 0 Å². The van der Waals surface area contributed by atoms with E-state index < -0.39 is 15.9 Å². The fourth-order valence-corrected chi connectivity index (χ4v) is 4.76. The summed E-state index contributed by atoms with van der Waals surface area (Å²) in [6, 6.07) is 1.33. The number of anilines is 3. The Morgan fingerprint density at radius 3 is 2.82 bits per heavy atom. The third-order valence-electron chi connectivity index (χ3n) is 4.75. The second kappa shape index (κ2) is 9.41. The molecule has 33 heavy (non-hydrogen) atoms. The number of carbonyl (C=O) groups excluding carboxylic acids is 1. The number of morpholine rings is 1. The van der Waals surface area contributed by atoms with E-state index in [1.54, 1.807) is 30.2 Å². The van der Waals surface area contributed by atoms with Gasteiger partial charge in [0.05, 0.1) is 53.7 Å². The fourth-order valence-electron chi connectivity index (χ4n) is 3.33. The lowest BCUT2D eigenvalue weighted by Gasteiger charge is -2.34. The van der Waals surface area contributed by atoms with Gasteiger partial charge in [0.25, 0.3) is 0 Å². The van der Waals surface area contributed by atoms with Crippen LogP contribution in [0.1, 0.15) is 12.6 Å². The molecule has 4 heterocycles. The monoisotopic (exact) mass is 492 g/mol. The van der Waals surface area contributed by atoms with Gasteiger partial charge >= 0.3 is 6.03 Å². The summed E-state index contributed by atoms with van der Waals surface area (Å²) in [6.07, 6.45) is 5.92. The third kappa shape index (κ3) is 6.03. The van der Waals surface area contributed by atoms with Gasteiger partial charge in [0, 0.05) is 32.1 Å². The van der Waals surface area contributed by atoms with Gasteiger partial charge in [-0.05, 0) is 6.92 Å². The topological polar surface area (TPSA) is 144 Å². The van der Waals surface area contributed by atoms with Crippen molar-refractivity contribution in [3.8, 4) is 10.7 Å². The molecule has 1 atom stereocenters. The summed E-state index contributed by atoms with van der Waals surface area (Å²) in [7, 11) is -1.54. The molecule has 2 amide bonds. The van der Waals surface area contributed by atoms with Crippen LogP contribution in [0, 0.1) is 0 Å². The van der Waals surface area contributed by atoms with Crippen LogP contribution < -0.4 is 15.5 Å². The van der Waals surface area contributed by atoms with E-state index in [4.69, 9.17) is 4.74 Å². The molecule has 0 aromatic carbocycles. The lowest BCUT2D eigenvalue weighted by Crippen LogP contribution is -2.44. The van der Waals surface area contributed by atoms with Crippen LogP contribution in [0.2, 0.25) is 0 Å². The second-order valence-corrected chi connectivity index (χ2v) is 10.9. The van der Waals surface area contributed by atoms with Gasteiger partial charge in [0.1, 0.15) is 5.82 Å². The summed E-state index contributed by atoms with van der Waals surface area (Å²) >= 11 is 1.19. The summed E-state index contributed by atoms with van der Waals surface area (Å²) < 4.78 is 30.9. The SMILES string of the molecule is C[C@H]1COCCN1c1cc(CS(C)(=O)=O)nc(-c2cnc(NC(=O)Nc3cnn(C)c3)s2)n1. The first kappa shape index (κ1) is 23.1. The summed E-state index contributed by atoms with van der Waals surface area (Å²) in [5.74, 6) is 0.779. The van der Waals surface area contributed by atoms with Gasteiger partial charge in [-0.25, -0.2) is 28.2 Å². The quantitative estimate of drug-likeness (QED) is 0.526. The third-order valence-corrected chi connectivity index (χ3v) is 6.48. The van der Waals surface area contributed by atoms with Crippen LogP contribution in [0.25, 0.3) is 10.7 Å². The van der Waals surface area contributed by atoms with Crippen LogP contribution in [-0.4, -0.2) is 71.2 Å². The van der Waals surface area contributed by atoms with Gasteiger partial charge < -0.3 is 15.0 Å². The van der Waals surface area contributed by atoms with Crippen molar-refractivity contribution >= 4 is 43.8 Å². The van der Waals surface area contributed by atoms with E-state index in [0.29, 0.717) is 52.8 Å². The number of aryl methyl sites for hydroxylation is 1. The molecule has 0 bridgehead atoms. The van der Waals surface area contributed by atoms with E-state index in [-0.39, 0.29) is 11.8 Å². The number of nitrogens with one attached hydrogen (secondary N) is 2. The number of ether oxygens (including phenoxy) is 1. The smallest absolute Gasteiger partial charge is 0.325 e. The zero-order chi connectivity index (χ0) is 23.6. The first-order valence-electron chi connectivity index (χ1n) is 10.1. The molecule has 1 saturated heterocycles. The van der Waals surface area contributed by atoms with E-state index in [1.165, 1.54) is 23.8 Å². The highest BCUT2D eigenvalue weighted by molar-refractivity contribution is 7.89. The van der Waals surface area contributed by atoms with Crippen LogP contribution >= 0.6 is 11.3 Å². The Balaban J connectivity index is 1.58. The second-order valence-electron chi connectivity index (χ2n) is 7.74. The normalized spacial score (nSPS) is 16.6. The predicted molar refractivity (Wildman–Crippen MR) is 125 cm³/mol. The summed E-state index contributed by atoms with van der Waals surface area (Å²) in [6.45, 7) is 3.78. The standard InChI is InChI=1S/C19H24N8O4S2/c1-12-10-31-5-4-27(12)16-6-13(11-33(3,29)30)22-17(24-16)15-8-20-19(32-15)25-18(28)23-14-7-21-26(2)9-14/h6-9,12H,4-5,10-11H2,1-3H3,(H2,20,23,25,28)/t12-/m0/s1. The van der Waals surface area contributed by atoms with Crippen LogP contribution in [-0.2, 0) is 27.4 Å². The van der Waals surface area contributed by atoms with Gasteiger partial charge in [-0.3, -0.25) is 10.00 Å². The lowest BCUT2D eigenvalue weighted by atomic mass is 10.2. The first-order valence-corrected chi connectivity index (χ1v) is 13.0. The number of hydrogen-bond donors (Lipinski definition) is 2. The molecule has 1 fully saturated rings. The van der Waals surface area contributed by atoms with Crippen LogP contribution in [0.15, 0.2) is 24.7 Å². The Morgan fingerprint density at radius 1 is 1.30 bits per heavy atom. The van der Waals surface area contributed by atoms with E-state index in [2.05, 4.69) is 35.6 Å². The van der Waals surface area contributed by atoms with Crippen LogP contribution in [0.5, 0.6) is 0 Å². The molecule has 0 radical (unpaired) electrons. The average molecular weight is 493 g/mol. The number of rotatable bonds is 6. The van der Waals surface area contributed by atoms with Crippen molar-refractivity contribution in [2.45, 2.75) is 18.7 Å². The van der Waals surface area contributed by atoms with Crippen molar-refractivity contribution in [3.05, 3.63) is 30.4 Å². The molecule has 0 spiro atoms. The van der Waals surface area contributed by atoms with Crippen molar-refractivity contribution in [1.82, 2.24) is 24.7 Å². The van der Waals surface area contributed by atoms with E-state index in [0.717, 1.165) is 0 Å². The highest BCUT2D eigenvalue weighted by atomic mass is 32.2. The maximum atomic E-state index is 12.2. The maximum absolute atomic E-state index is 12.2. The number of thiazole rings is 1. The van der Waals surface area contributed by atoms with E-state index in [1.807, 2.05) is 6.92 Å². The minimum atomic E-state index is -3.29. The van der Waals surface area contributed by atoms with E-state index >= 15 is 0 Å². The van der Waals surface area contributed by atoms with Gasteiger partial charge in [0.2, 0.25) is 0 Å². The van der Waals surface area contributed by atoms with Gasteiger partial charge in [0.15, 0.2) is 20.8 Å². The molecule has 176 valence electrons. The molecule has 1 aliphatic heterocycles. The van der Waals surface area contributed by atoms with Crippen molar-refractivity contribution in [2.75, 3.05) is 41.5 Å². The predicted octanol–water partition coefficient (Wildman–Crippen LogP) is 1.75. The zero-order valence-electron chi connectivity index (χ0n) is 18.3. The molecule has 3 aromatic rings. The molecule has 4 rings (SSSR count). The van der Waals surface area contributed by atoms with Gasteiger partial charge in [-0.15, -0.1) is 0 Å². The average Bonchev–Trinajstić information content (AvgIpc) is 3.35. The highest BCUT2D eigenvalue weighted by Gasteiger charge is 2.23. The largest absolute Gasteiger partial charge is 0.377 e. The number of hydrogen-bond acceptors (Lipinski definition) is 10. The van der Waals surface area contributed by atoms with Crippen molar-refractivity contribution in [3.63, 3.8) is 0 Å². The van der Waals surface area contributed by atoms with Crippen LogP contribution in [0.4, 0.5) is 21.4 Å². The Hall–Kier alpha value is -3.10. The van der Waals surface area contributed by atoms with Crippen molar-refractivity contribution < 1.29 is 17.9 Å². The minimum Gasteiger partial charge on any atom is -0.377 e. The molecule has 14 heteroatoms. The molecule has 0 saturated carbocycles. The number of aromatic nitrogens is 5. The van der Waals surface area contributed by atoms with Gasteiger partial charge in [-0.1, -0.05) is 11.3 Å². The Morgan fingerprint density at radius 2 is 2.12 bits per heavy atom. The number of nitrogens with zero attached hydrogens (tertiary/aromatic N) is 6. The van der Waals surface area contributed by atoms with Crippen molar-refractivity contribution in [2.24, 2.45) is 7.05 Å².